The van der Waals surface area contributed by atoms with E-state index >= 15 is 0 Å². The number of benzene rings is 2. The van der Waals surface area contributed by atoms with Gasteiger partial charge in [0.05, 0.1) is 10.6 Å². The van der Waals surface area contributed by atoms with Crippen molar-refractivity contribution in [3.63, 3.8) is 0 Å². The summed E-state index contributed by atoms with van der Waals surface area (Å²) >= 11 is 0. The van der Waals surface area contributed by atoms with Gasteiger partial charge < -0.3 is 5.32 Å². The Kier molecular flexibility index (Phi) is 3.47. The van der Waals surface area contributed by atoms with Crippen LogP contribution in [-0.4, -0.2) is 15.5 Å². The first-order chi connectivity index (χ1) is 10.00. The maximum atomic E-state index is 12.8. The van der Waals surface area contributed by atoms with Gasteiger partial charge in [0.2, 0.25) is 0 Å². The molecule has 0 atom stereocenters. The van der Waals surface area contributed by atoms with Crippen LogP contribution in [0.4, 0.5) is 5.69 Å². The highest BCUT2D eigenvalue weighted by Crippen LogP contribution is 2.27. The van der Waals surface area contributed by atoms with Gasteiger partial charge >= 0.3 is 0 Å². The van der Waals surface area contributed by atoms with Crippen molar-refractivity contribution in [2.24, 2.45) is 0 Å². The second-order valence-electron chi connectivity index (χ2n) is 5.29. The predicted octanol–water partition coefficient (Wildman–Crippen LogP) is 2.42. The van der Waals surface area contributed by atoms with Crippen LogP contribution in [0.15, 0.2) is 47.4 Å². The van der Waals surface area contributed by atoms with Crippen molar-refractivity contribution in [1.82, 2.24) is 5.32 Å². The minimum absolute atomic E-state index is 0.343. The summed E-state index contributed by atoms with van der Waals surface area (Å²) in [5.74, 6) is 0. The Bertz CT molecular complexity index is 785. The second-order valence-corrected chi connectivity index (χ2v) is 7.26. The summed E-state index contributed by atoms with van der Waals surface area (Å²) in [5.41, 5.74) is 3.88. The molecule has 1 aliphatic heterocycles. The van der Waals surface area contributed by atoms with Gasteiger partial charge in [-0.2, -0.15) is 0 Å². The first-order valence-electron chi connectivity index (χ1n) is 6.87. The van der Waals surface area contributed by atoms with E-state index in [0.29, 0.717) is 10.6 Å². The Hall–Kier alpha value is -1.85. The summed E-state index contributed by atoms with van der Waals surface area (Å²) in [4.78, 5) is 0.343. The molecule has 2 aromatic rings. The SMILES string of the molecule is Cc1ccccc1N(C)S(=O)(=O)c1ccc2c(c1)CNC2. The van der Waals surface area contributed by atoms with Gasteiger partial charge in [-0.15, -0.1) is 0 Å². The fourth-order valence-electron chi connectivity index (χ4n) is 2.64. The van der Waals surface area contributed by atoms with Crippen molar-refractivity contribution < 1.29 is 8.42 Å². The van der Waals surface area contributed by atoms with Crippen molar-refractivity contribution in [2.75, 3.05) is 11.4 Å². The van der Waals surface area contributed by atoms with E-state index in [1.54, 1.807) is 19.2 Å². The molecule has 0 radical (unpaired) electrons. The van der Waals surface area contributed by atoms with Crippen LogP contribution in [0, 0.1) is 6.92 Å². The predicted molar refractivity (Wildman–Crippen MR) is 83.8 cm³/mol. The smallest absolute Gasteiger partial charge is 0.264 e. The molecule has 0 bridgehead atoms. The second kappa shape index (κ2) is 5.16. The molecule has 0 saturated heterocycles. The van der Waals surface area contributed by atoms with E-state index in [2.05, 4.69) is 5.32 Å². The average Bonchev–Trinajstić information content (AvgIpc) is 2.94. The van der Waals surface area contributed by atoms with Crippen molar-refractivity contribution in [2.45, 2.75) is 24.9 Å². The summed E-state index contributed by atoms with van der Waals surface area (Å²) in [6.07, 6.45) is 0. The minimum atomic E-state index is -3.53. The first kappa shape index (κ1) is 14.1. The topological polar surface area (TPSA) is 49.4 Å². The van der Waals surface area contributed by atoms with E-state index in [4.69, 9.17) is 0 Å². The number of hydrogen-bond acceptors (Lipinski definition) is 3. The normalized spacial score (nSPS) is 14.0. The van der Waals surface area contributed by atoms with Crippen LogP contribution in [-0.2, 0) is 23.1 Å². The molecule has 1 heterocycles. The third-order valence-corrected chi connectivity index (χ3v) is 5.69. The zero-order valence-electron chi connectivity index (χ0n) is 12.1. The van der Waals surface area contributed by atoms with Gasteiger partial charge in [0.15, 0.2) is 0 Å². The van der Waals surface area contributed by atoms with Gasteiger partial charge in [0.25, 0.3) is 10.0 Å². The number of anilines is 1. The maximum Gasteiger partial charge on any atom is 0.264 e. The van der Waals surface area contributed by atoms with Crippen LogP contribution in [0.5, 0.6) is 0 Å². The number of rotatable bonds is 3. The molecule has 21 heavy (non-hydrogen) atoms. The van der Waals surface area contributed by atoms with Crippen LogP contribution >= 0.6 is 0 Å². The van der Waals surface area contributed by atoms with Crippen molar-refractivity contribution in [3.05, 3.63) is 59.2 Å². The van der Waals surface area contributed by atoms with E-state index in [-0.39, 0.29) is 0 Å². The lowest BCUT2D eigenvalue weighted by Gasteiger charge is -2.21. The fraction of sp³-hybridized carbons (Fsp3) is 0.250. The van der Waals surface area contributed by atoms with Gasteiger partial charge in [-0.3, -0.25) is 4.31 Å². The number of sulfonamides is 1. The molecule has 4 nitrogen and oxygen atoms in total. The fourth-order valence-corrected chi connectivity index (χ4v) is 3.95. The molecule has 1 N–H and O–H groups in total. The average molecular weight is 302 g/mol. The molecule has 0 amide bonds. The van der Waals surface area contributed by atoms with Crippen molar-refractivity contribution >= 4 is 15.7 Å². The zero-order chi connectivity index (χ0) is 15.0. The molecular weight excluding hydrogens is 284 g/mol. The van der Waals surface area contributed by atoms with Gasteiger partial charge in [-0.1, -0.05) is 24.3 Å². The number of fused-ring (bicyclic) bond motifs is 1. The van der Waals surface area contributed by atoms with E-state index in [9.17, 15) is 8.42 Å². The Morgan fingerprint density at radius 1 is 1.05 bits per heavy atom. The summed E-state index contributed by atoms with van der Waals surface area (Å²) < 4.78 is 26.9. The number of hydrogen-bond donors (Lipinski definition) is 1. The quantitative estimate of drug-likeness (QED) is 0.947. The minimum Gasteiger partial charge on any atom is -0.309 e. The molecule has 0 fully saturated rings. The summed E-state index contributed by atoms with van der Waals surface area (Å²) in [5, 5.41) is 3.23. The first-order valence-corrected chi connectivity index (χ1v) is 8.31. The molecule has 0 spiro atoms. The molecule has 3 rings (SSSR count). The lowest BCUT2D eigenvalue weighted by Crippen LogP contribution is -2.27. The largest absolute Gasteiger partial charge is 0.309 e. The summed E-state index contributed by atoms with van der Waals surface area (Å²) in [7, 11) is -1.93. The van der Waals surface area contributed by atoms with E-state index in [1.807, 2.05) is 37.3 Å². The van der Waals surface area contributed by atoms with E-state index < -0.39 is 10.0 Å². The highest BCUT2D eigenvalue weighted by Gasteiger charge is 2.24. The van der Waals surface area contributed by atoms with Gasteiger partial charge in [0, 0.05) is 20.1 Å². The molecule has 0 aliphatic carbocycles. The summed E-state index contributed by atoms with van der Waals surface area (Å²) in [6, 6.07) is 12.8. The number of para-hydroxylation sites is 1. The van der Waals surface area contributed by atoms with Gasteiger partial charge in [-0.05, 0) is 41.8 Å². The van der Waals surface area contributed by atoms with Gasteiger partial charge in [0.1, 0.15) is 0 Å². The number of nitrogens with one attached hydrogen (secondary N) is 1. The Balaban J connectivity index is 2.02. The number of nitrogens with zero attached hydrogens (tertiary/aromatic N) is 1. The zero-order valence-corrected chi connectivity index (χ0v) is 12.9. The molecule has 2 aromatic carbocycles. The Morgan fingerprint density at radius 3 is 2.52 bits per heavy atom. The van der Waals surface area contributed by atoms with Gasteiger partial charge in [-0.25, -0.2) is 8.42 Å². The highest BCUT2D eigenvalue weighted by atomic mass is 32.2. The molecule has 0 unspecified atom stereocenters. The Morgan fingerprint density at radius 2 is 1.76 bits per heavy atom. The molecule has 0 aromatic heterocycles. The van der Waals surface area contributed by atoms with Crippen molar-refractivity contribution in [1.29, 1.82) is 0 Å². The van der Waals surface area contributed by atoms with Crippen molar-refractivity contribution in [3.8, 4) is 0 Å². The molecule has 0 saturated carbocycles. The standard InChI is InChI=1S/C16H18N2O2S/c1-12-5-3-4-6-16(12)18(2)21(19,20)15-8-7-13-10-17-11-14(13)9-15/h3-9,17H,10-11H2,1-2H3. The lowest BCUT2D eigenvalue weighted by molar-refractivity contribution is 0.594. The van der Waals surface area contributed by atoms with E-state index in [0.717, 1.165) is 24.2 Å². The van der Waals surface area contributed by atoms with Crippen LogP contribution in [0.1, 0.15) is 16.7 Å². The summed E-state index contributed by atoms with van der Waals surface area (Å²) in [6.45, 7) is 3.45. The van der Waals surface area contributed by atoms with Crippen LogP contribution in [0.2, 0.25) is 0 Å². The molecule has 5 heteroatoms. The van der Waals surface area contributed by atoms with Crippen LogP contribution < -0.4 is 9.62 Å². The molecule has 1 aliphatic rings. The monoisotopic (exact) mass is 302 g/mol. The van der Waals surface area contributed by atoms with Crippen LogP contribution in [0.3, 0.4) is 0 Å². The lowest BCUT2D eigenvalue weighted by atomic mass is 10.1. The highest BCUT2D eigenvalue weighted by molar-refractivity contribution is 7.92. The maximum absolute atomic E-state index is 12.8. The third kappa shape index (κ3) is 2.43. The Labute approximate surface area is 125 Å². The van der Waals surface area contributed by atoms with Crippen LogP contribution in [0.25, 0.3) is 0 Å². The van der Waals surface area contributed by atoms with E-state index in [1.165, 1.54) is 9.87 Å². The number of aryl methyl sites for hydroxylation is 1. The third-order valence-electron chi connectivity index (χ3n) is 3.92. The molecular formula is C16H18N2O2S. The molecule has 110 valence electrons.